The molecule has 0 heterocycles. The lowest BCUT2D eigenvalue weighted by Gasteiger charge is -2.07. The average molecular weight is 410 g/mol. The van der Waals surface area contributed by atoms with Crippen molar-refractivity contribution >= 4 is 34.3 Å². The number of hydrogen-bond acceptors (Lipinski definition) is 4. The van der Waals surface area contributed by atoms with E-state index in [1.807, 2.05) is 25.1 Å². The molecule has 0 aliphatic rings. The Labute approximate surface area is 142 Å². The van der Waals surface area contributed by atoms with Crippen LogP contribution in [0, 0.1) is 10.5 Å². The van der Waals surface area contributed by atoms with Crippen LogP contribution < -0.4 is 4.74 Å². The highest BCUT2D eigenvalue weighted by Crippen LogP contribution is 2.11. The second-order valence-electron chi connectivity index (χ2n) is 4.70. The third-order valence-electron chi connectivity index (χ3n) is 2.89. The Kier molecular flexibility index (Phi) is 5.94. The van der Waals surface area contributed by atoms with E-state index in [1.165, 1.54) is 0 Å². The smallest absolute Gasteiger partial charge is 0.344 e. The molecule has 0 atom stereocenters. The number of ether oxygens (including phenoxy) is 2. The first-order valence-electron chi connectivity index (χ1n) is 6.68. The molecule has 5 heteroatoms. The van der Waals surface area contributed by atoms with Crippen LogP contribution in [0.2, 0.25) is 0 Å². The Morgan fingerprint density at radius 1 is 1.05 bits per heavy atom. The van der Waals surface area contributed by atoms with Crippen LogP contribution >= 0.6 is 22.6 Å². The minimum Gasteiger partial charge on any atom is -0.482 e. The lowest BCUT2D eigenvalue weighted by atomic mass is 10.1. The molecular weight excluding hydrogens is 395 g/mol. The van der Waals surface area contributed by atoms with Crippen molar-refractivity contribution < 1.29 is 19.1 Å². The first-order valence-corrected chi connectivity index (χ1v) is 7.76. The number of carbonyl (C=O) groups excluding carboxylic acids is 2. The molecular formula is C17H15IO4. The molecule has 0 N–H and O–H groups in total. The molecule has 0 fully saturated rings. The fourth-order valence-electron chi connectivity index (χ4n) is 1.71. The van der Waals surface area contributed by atoms with Crippen molar-refractivity contribution in [2.24, 2.45) is 0 Å². The summed E-state index contributed by atoms with van der Waals surface area (Å²) in [6.07, 6.45) is 0. The van der Waals surface area contributed by atoms with Gasteiger partial charge >= 0.3 is 5.97 Å². The van der Waals surface area contributed by atoms with Gasteiger partial charge in [-0.2, -0.15) is 0 Å². The van der Waals surface area contributed by atoms with Crippen LogP contribution in [-0.2, 0) is 9.53 Å². The maximum Gasteiger partial charge on any atom is 0.344 e. The fourth-order valence-corrected chi connectivity index (χ4v) is 2.25. The third kappa shape index (κ3) is 5.14. The molecule has 4 nitrogen and oxygen atoms in total. The number of benzene rings is 2. The van der Waals surface area contributed by atoms with Crippen molar-refractivity contribution in [3.05, 3.63) is 63.2 Å². The number of Topliss-reactive ketones (excluding diaryl/α,β-unsaturated/α-hetero) is 1. The van der Waals surface area contributed by atoms with Gasteiger partial charge in [0.05, 0.1) is 0 Å². The molecule has 0 radical (unpaired) electrons. The van der Waals surface area contributed by atoms with Crippen LogP contribution in [0.3, 0.4) is 0 Å². The average Bonchev–Trinajstić information content (AvgIpc) is 2.52. The fraction of sp³-hybridized carbons (Fsp3) is 0.176. The van der Waals surface area contributed by atoms with Crippen LogP contribution in [0.15, 0.2) is 48.5 Å². The highest BCUT2D eigenvalue weighted by atomic mass is 127. The molecule has 0 amide bonds. The Morgan fingerprint density at radius 3 is 2.45 bits per heavy atom. The number of aryl methyl sites for hydroxylation is 1. The Bertz CT molecular complexity index is 665. The number of ketones is 1. The molecule has 22 heavy (non-hydrogen) atoms. The number of esters is 1. The second-order valence-corrected chi connectivity index (χ2v) is 5.94. The van der Waals surface area contributed by atoms with Crippen molar-refractivity contribution in [1.29, 1.82) is 0 Å². The van der Waals surface area contributed by atoms with E-state index in [0.29, 0.717) is 11.3 Å². The molecule has 0 saturated carbocycles. The first kappa shape index (κ1) is 16.5. The molecule has 0 bridgehead atoms. The van der Waals surface area contributed by atoms with Crippen molar-refractivity contribution in [2.45, 2.75) is 6.92 Å². The Balaban J connectivity index is 1.78. The summed E-state index contributed by atoms with van der Waals surface area (Å²) in [7, 11) is 0. The monoisotopic (exact) mass is 410 g/mol. The van der Waals surface area contributed by atoms with Gasteiger partial charge in [0.15, 0.2) is 19.0 Å². The highest BCUT2D eigenvalue weighted by molar-refractivity contribution is 14.1. The molecule has 0 aliphatic heterocycles. The zero-order valence-corrected chi connectivity index (χ0v) is 14.2. The van der Waals surface area contributed by atoms with Crippen LogP contribution in [0.1, 0.15) is 15.9 Å². The molecule has 2 rings (SSSR count). The minimum absolute atomic E-state index is 0.220. The molecule has 2 aromatic rings. The lowest BCUT2D eigenvalue weighted by molar-refractivity contribution is -0.144. The predicted octanol–water partition coefficient (Wildman–Crippen LogP) is 3.40. The SMILES string of the molecule is Cc1ccc(OCC(=O)OCC(=O)c2cccc(I)c2)cc1. The maximum absolute atomic E-state index is 11.9. The summed E-state index contributed by atoms with van der Waals surface area (Å²) in [4.78, 5) is 23.5. The second kappa shape index (κ2) is 7.93. The molecule has 0 spiro atoms. The summed E-state index contributed by atoms with van der Waals surface area (Å²) in [6.45, 7) is 1.47. The van der Waals surface area contributed by atoms with E-state index >= 15 is 0 Å². The van der Waals surface area contributed by atoms with E-state index in [0.717, 1.165) is 9.13 Å². The van der Waals surface area contributed by atoms with Gasteiger partial charge in [0.2, 0.25) is 0 Å². The number of rotatable bonds is 6. The van der Waals surface area contributed by atoms with Gasteiger partial charge in [-0.05, 0) is 53.8 Å². The van der Waals surface area contributed by atoms with Crippen LogP contribution in [0.4, 0.5) is 0 Å². The predicted molar refractivity (Wildman–Crippen MR) is 91.1 cm³/mol. The Hall–Kier alpha value is -1.89. The van der Waals surface area contributed by atoms with E-state index < -0.39 is 5.97 Å². The maximum atomic E-state index is 11.9. The zero-order chi connectivity index (χ0) is 15.9. The van der Waals surface area contributed by atoms with Gasteiger partial charge in [0, 0.05) is 9.13 Å². The van der Waals surface area contributed by atoms with Crippen LogP contribution in [0.25, 0.3) is 0 Å². The van der Waals surface area contributed by atoms with Crippen molar-refractivity contribution in [1.82, 2.24) is 0 Å². The molecule has 2 aromatic carbocycles. The normalized spacial score (nSPS) is 10.1. The number of hydrogen-bond donors (Lipinski definition) is 0. The molecule has 0 aromatic heterocycles. The highest BCUT2D eigenvalue weighted by Gasteiger charge is 2.10. The standard InChI is InChI=1S/C17H15IO4/c1-12-5-7-15(8-6-12)21-11-17(20)22-10-16(19)13-3-2-4-14(18)9-13/h2-9H,10-11H2,1H3. The lowest BCUT2D eigenvalue weighted by Crippen LogP contribution is -2.19. The number of halogens is 1. The topological polar surface area (TPSA) is 52.6 Å². The van der Waals surface area contributed by atoms with Gasteiger partial charge in [0.25, 0.3) is 0 Å². The van der Waals surface area contributed by atoms with Crippen LogP contribution in [0.5, 0.6) is 5.75 Å². The summed E-state index contributed by atoms with van der Waals surface area (Å²) >= 11 is 2.12. The van der Waals surface area contributed by atoms with Crippen LogP contribution in [-0.4, -0.2) is 25.0 Å². The van der Waals surface area contributed by atoms with E-state index in [1.54, 1.807) is 30.3 Å². The van der Waals surface area contributed by atoms with Crippen molar-refractivity contribution in [2.75, 3.05) is 13.2 Å². The minimum atomic E-state index is -0.570. The quantitative estimate of drug-likeness (QED) is 0.416. The summed E-state index contributed by atoms with van der Waals surface area (Å²) in [5.74, 6) is -0.215. The van der Waals surface area contributed by atoms with Gasteiger partial charge in [-0.1, -0.05) is 29.8 Å². The summed E-state index contributed by atoms with van der Waals surface area (Å²) in [5.41, 5.74) is 1.64. The van der Waals surface area contributed by atoms with Gasteiger partial charge < -0.3 is 9.47 Å². The molecule has 114 valence electrons. The van der Waals surface area contributed by atoms with Gasteiger partial charge in [-0.3, -0.25) is 4.79 Å². The molecule has 0 aliphatic carbocycles. The largest absolute Gasteiger partial charge is 0.482 e. The third-order valence-corrected chi connectivity index (χ3v) is 3.56. The first-order chi connectivity index (χ1) is 10.5. The molecule has 0 saturated heterocycles. The Morgan fingerprint density at radius 2 is 1.77 bits per heavy atom. The van der Waals surface area contributed by atoms with E-state index in [4.69, 9.17) is 9.47 Å². The summed E-state index contributed by atoms with van der Waals surface area (Å²) in [6, 6.07) is 14.5. The van der Waals surface area contributed by atoms with Gasteiger partial charge in [-0.15, -0.1) is 0 Å². The van der Waals surface area contributed by atoms with E-state index in [-0.39, 0.29) is 19.0 Å². The summed E-state index contributed by atoms with van der Waals surface area (Å²) < 4.78 is 11.2. The van der Waals surface area contributed by atoms with E-state index in [2.05, 4.69) is 22.6 Å². The zero-order valence-electron chi connectivity index (χ0n) is 12.0. The summed E-state index contributed by atoms with van der Waals surface area (Å²) in [5, 5.41) is 0. The van der Waals surface area contributed by atoms with Gasteiger partial charge in [-0.25, -0.2) is 4.79 Å². The molecule has 0 unspecified atom stereocenters. The van der Waals surface area contributed by atoms with Crippen molar-refractivity contribution in [3.63, 3.8) is 0 Å². The van der Waals surface area contributed by atoms with E-state index in [9.17, 15) is 9.59 Å². The van der Waals surface area contributed by atoms with Crippen molar-refractivity contribution in [3.8, 4) is 5.75 Å². The van der Waals surface area contributed by atoms with Gasteiger partial charge in [0.1, 0.15) is 5.75 Å². The number of carbonyl (C=O) groups is 2.